The molecule has 3 rings (SSSR count). The van der Waals surface area contributed by atoms with Crippen LogP contribution in [-0.2, 0) is 0 Å². The summed E-state index contributed by atoms with van der Waals surface area (Å²) in [5.41, 5.74) is 0.619. The van der Waals surface area contributed by atoms with Gasteiger partial charge < -0.3 is 4.74 Å². The maximum Gasteiger partial charge on any atom is 0.422 e. The maximum atomic E-state index is 13.9. The van der Waals surface area contributed by atoms with Gasteiger partial charge in [-0.25, -0.2) is 18.2 Å². The summed E-state index contributed by atoms with van der Waals surface area (Å²) in [6.45, 7) is -1.68. The van der Waals surface area contributed by atoms with E-state index < -0.39 is 36.7 Å². The second-order valence-electron chi connectivity index (χ2n) is 4.92. The average Bonchev–Trinajstić information content (AvgIpc) is 2.96. The van der Waals surface area contributed by atoms with Crippen LogP contribution in [0.4, 0.5) is 26.3 Å². The van der Waals surface area contributed by atoms with Gasteiger partial charge >= 0.3 is 6.18 Å². The molecule has 11 heteroatoms. The summed E-state index contributed by atoms with van der Waals surface area (Å²) in [5, 5.41) is 6.93. The number of pyridine rings is 2. The van der Waals surface area contributed by atoms with Crippen LogP contribution < -0.4 is 4.74 Å². The summed E-state index contributed by atoms with van der Waals surface area (Å²) in [4.78, 5) is 3.50. The van der Waals surface area contributed by atoms with Gasteiger partial charge in [0.25, 0.3) is 12.3 Å². The third kappa shape index (κ3) is 3.64. The quantitative estimate of drug-likeness (QED) is 0.663. The van der Waals surface area contributed by atoms with Gasteiger partial charge in [-0.05, 0) is 18.2 Å². The molecule has 0 aliphatic carbocycles. The normalized spacial score (nSPS) is 12.1. The minimum atomic E-state index is -4.63. The van der Waals surface area contributed by atoms with Gasteiger partial charge in [0.2, 0.25) is 5.82 Å². The molecule has 0 unspecified atom stereocenters. The van der Waals surface area contributed by atoms with Crippen LogP contribution in [0, 0.1) is 5.82 Å². The zero-order valence-electron chi connectivity index (χ0n) is 12.1. The molecular weight excluding hydrogens is 354 g/mol. The van der Waals surface area contributed by atoms with Gasteiger partial charge in [-0.3, -0.25) is 4.40 Å². The van der Waals surface area contributed by atoms with Crippen molar-refractivity contribution in [2.75, 3.05) is 6.61 Å². The number of hydrogen-bond donors (Lipinski definition) is 0. The molecule has 3 aromatic rings. The molecule has 3 heterocycles. The predicted octanol–water partition coefficient (Wildman–Crippen LogP) is 3.81. The minimum absolute atomic E-state index is 0.160. The van der Waals surface area contributed by atoms with Crippen molar-refractivity contribution < 1.29 is 31.1 Å². The Morgan fingerprint density at radius 2 is 1.88 bits per heavy atom. The summed E-state index contributed by atoms with van der Waals surface area (Å²) in [6.07, 6.45) is -5.16. The molecule has 0 radical (unpaired) electrons. The Morgan fingerprint density at radius 1 is 1.12 bits per heavy atom. The third-order valence-corrected chi connectivity index (χ3v) is 3.14. The lowest BCUT2D eigenvalue weighted by Crippen LogP contribution is -2.20. The number of ether oxygens (including phenoxy) is 1. The van der Waals surface area contributed by atoms with Crippen LogP contribution in [0.5, 0.6) is 5.88 Å². The topological polar surface area (TPSA) is 52.3 Å². The molecule has 0 saturated carbocycles. The zero-order chi connectivity index (χ0) is 18.2. The predicted molar refractivity (Wildman–Crippen MR) is 72.7 cm³/mol. The van der Waals surface area contributed by atoms with Crippen molar-refractivity contribution in [2.24, 2.45) is 0 Å². The van der Waals surface area contributed by atoms with Crippen molar-refractivity contribution in [3.05, 3.63) is 42.2 Å². The molecule has 0 N–H and O–H groups in total. The maximum absolute atomic E-state index is 13.9. The fourth-order valence-electron chi connectivity index (χ4n) is 2.07. The highest BCUT2D eigenvalue weighted by Gasteiger charge is 2.29. The summed E-state index contributed by atoms with van der Waals surface area (Å²) in [5.74, 6) is -2.50. The fraction of sp³-hybridized carbons (Fsp3) is 0.214. The van der Waals surface area contributed by atoms with Crippen molar-refractivity contribution in [2.45, 2.75) is 12.6 Å². The highest BCUT2D eigenvalue weighted by Crippen LogP contribution is 2.26. The van der Waals surface area contributed by atoms with E-state index in [1.807, 2.05) is 0 Å². The highest BCUT2D eigenvalue weighted by molar-refractivity contribution is 5.64. The number of fused-ring (bicyclic) bond motifs is 1. The average molecular weight is 362 g/mol. The number of rotatable bonds is 4. The van der Waals surface area contributed by atoms with Gasteiger partial charge in [-0.1, -0.05) is 0 Å². The number of hydrogen-bond acceptors (Lipinski definition) is 4. The van der Waals surface area contributed by atoms with Gasteiger partial charge in [0.15, 0.2) is 18.1 Å². The Bertz CT molecular complexity index is 908. The number of nitrogens with zero attached hydrogens (tertiary/aromatic N) is 4. The van der Waals surface area contributed by atoms with E-state index in [4.69, 9.17) is 0 Å². The summed E-state index contributed by atoms with van der Waals surface area (Å²) >= 11 is 0. The van der Waals surface area contributed by atoms with Crippen LogP contribution in [-0.4, -0.2) is 32.4 Å². The van der Waals surface area contributed by atoms with Crippen LogP contribution in [0.25, 0.3) is 16.8 Å². The molecule has 0 aromatic carbocycles. The first-order valence-corrected chi connectivity index (χ1v) is 6.73. The molecule has 0 fully saturated rings. The van der Waals surface area contributed by atoms with Gasteiger partial charge in [0.1, 0.15) is 0 Å². The van der Waals surface area contributed by atoms with Crippen LogP contribution >= 0.6 is 0 Å². The second kappa shape index (κ2) is 6.22. The molecule has 0 aliphatic rings. The first-order chi connectivity index (χ1) is 11.7. The van der Waals surface area contributed by atoms with Crippen LogP contribution in [0.2, 0.25) is 0 Å². The van der Waals surface area contributed by atoms with Gasteiger partial charge in [0, 0.05) is 23.5 Å². The van der Waals surface area contributed by atoms with E-state index >= 15 is 0 Å². The SMILES string of the molecule is Fc1cc(-c2ccc3nnc(C(F)F)n3c2)cnc1OCC(F)(F)F. The van der Waals surface area contributed by atoms with Crippen molar-refractivity contribution in [1.29, 1.82) is 0 Å². The smallest absolute Gasteiger partial charge is 0.422 e. The molecule has 0 spiro atoms. The summed E-state index contributed by atoms with van der Waals surface area (Å²) in [6, 6.07) is 3.75. The van der Waals surface area contributed by atoms with Crippen molar-refractivity contribution in [1.82, 2.24) is 19.6 Å². The number of aromatic nitrogens is 4. The van der Waals surface area contributed by atoms with Gasteiger partial charge in [-0.2, -0.15) is 13.2 Å². The van der Waals surface area contributed by atoms with Crippen molar-refractivity contribution >= 4 is 5.65 Å². The van der Waals surface area contributed by atoms with E-state index in [1.165, 1.54) is 18.3 Å². The lowest BCUT2D eigenvalue weighted by Gasteiger charge is -2.10. The molecule has 132 valence electrons. The van der Waals surface area contributed by atoms with Crippen molar-refractivity contribution in [3.63, 3.8) is 0 Å². The zero-order valence-corrected chi connectivity index (χ0v) is 12.1. The summed E-state index contributed by atoms with van der Waals surface area (Å²) in [7, 11) is 0. The third-order valence-electron chi connectivity index (χ3n) is 3.14. The molecule has 0 saturated heterocycles. The molecule has 0 aliphatic heterocycles. The van der Waals surface area contributed by atoms with E-state index in [-0.39, 0.29) is 11.2 Å². The second-order valence-corrected chi connectivity index (χ2v) is 4.92. The standard InChI is InChI=1S/C14H8F6N4O/c15-9-3-8(4-21-13(9)25-6-14(18,19)20)7-1-2-10-22-23-12(11(16)17)24(10)5-7/h1-5,11H,6H2. The van der Waals surface area contributed by atoms with Crippen LogP contribution in [0.3, 0.4) is 0 Å². The lowest BCUT2D eigenvalue weighted by atomic mass is 10.1. The molecule has 0 atom stereocenters. The van der Waals surface area contributed by atoms with Crippen LogP contribution in [0.15, 0.2) is 30.6 Å². The molecular formula is C14H8F6N4O. The van der Waals surface area contributed by atoms with Gasteiger partial charge in [-0.15, -0.1) is 10.2 Å². The largest absolute Gasteiger partial charge is 0.466 e. The first kappa shape index (κ1) is 17.0. The highest BCUT2D eigenvalue weighted by atomic mass is 19.4. The van der Waals surface area contributed by atoms with E-state index in [9.17, 15) is 26.3 Å². The number of halogens is 6. The molecule has 3 aromatic heterocycles. The molecule has 5 nitrogen and oxygen atoms in total. The fourth-order valence-corrected chi connectivity index (χ4v) is 2.07. The minimum Gasteiger partial charge on any atom is -0.466 e. The Morgan fingerprint density at radius 3 is 2.52 bits per heavy atom. The number of alkyl halides is 5. The Kier molecular flexibility index (Phi) is 4.23. The van der Waals surface area contributed by atoms with Crippen molar-refractivity contribution in [3.8, 4) is 17.0 Å². The Labute approximate surface area is 135 Å². The monoisotopic (exact) mass is 362 g/mol. The van der Waals surface area contributed by atoms with E-state index in [0.29, 0.717) is 5.56 Å². The lowest BCUT2D eigenvalue weighted by molar-refractivity contribution is -0.154. The molecule has 25 heavy (non-hydrogen) atoms. The van der Waals surface area contributed by atoms with Gasteiger partial charge in [0.05, 0.1) is 0 Å². The Balaban J connectivity index is 1.92. The summed E-state index contributed by atoms with van der Waals surface area (Å²) < 4.78 is 81.1. The first-order valence-electron chi connectivity index (χ1n) is 6.73. The van der Waals surface area contributed by atoms with E-state index in [2.05, 4.69) is 19.9 Å². The molecule has 0 amide bonds. The molecule has 0 bridgehead atoms. The van der Waals surface area contributed by atoms with Crippen LogP contribution in [0.1, 0.15) is 12.2 Å². The van der Waals surface area contributed by atoms with E-state index in [1.54, 1.807) is 0 Å². The van der Waals surface area contributed by atoms with E-state index in [0.717, 1.165) is 16.7 Å². The Hall–Kier alpha value is -2.85.